The van der Waals surface area contributed by atoms with Gasteiger partial charge in [-0.3, -0.25) is 19.7 Å². The smallest absolute Gasteiger partial charge is 0.545 e. The fourth-order valence-electron chi connectivity index (χ4n) is 2.61. The van der Waals surface area contributed by atoms with Gasteiger partial charge in [-0.15, -0.1) is 0 Å². The Labute approximate surface area is 156 Å². The standard InChI is InChI=1S/C15H8N2O6.Na/c16-12-8(15(20)21)5-9(17(22)23)10-11(12)14(19)7-4-2-1-3-6(7)13(10)18;/h1-5H,16H2,(H,20,21);/q;+1/p-1. The topological polar surface area (TPSA) is 143 Å². The van der Waals surface area contributed by atoms with Crippen molar-refractivity contribution in [3.8, 4) is 0 Å². The van der Waals surface area contributed by atoms with Gasteiger partial charge in [-0.2, -0.15) is 0 Å². The van der Waals surface area contributed by atoms with Crippen LogP contribution in [0.2, 0.25) is 0 Å². The maximum absolute atomic E-state index is 12.6. The number of nitrogens with zero attached hydrogens (tertiary/aromatic N) is 1. The summed E-state index contributed by atoms with van der Waals surface area (Å²) in [5.74, 6) is -3.26. The van der Waals surface area contributed by atoms with Crippen LogP contribution < -0.4 is 40.4 Å². The number of nitro groups is 1. The molecule has 9 heteroatoms. The van der Waals surface area contributed by atoms with E-state index >= 15 is 0 Å². The van der Waals surface area contributed by atoms with Crippen molar-refractivity contribution in [1.82, 2.24) is 0 Å². The Morgan fingerprint density at radius 2 is 1.54 bits per heavy atom. The van der Waals surface area contributed by atoms with Crippen LogP contribution in [-0.4, -0.2) is 22.5 Å². The van der Waals surface area contributed by atoms with Gasteiger partial charge in [0.2, 0.25) is 5.78 Å². The van der Waals surface area contributed by atoms with Crippen molar-refractivity contribution in [2.24, 2.45) is 0 Å². The fraction of sp³-hybridized carbons (Fsp3) is 0. The molecule has 0 bridgehead atoms. The van der Waals surface area contributed by atoms with Crippen molar-refractivity contribution < 1.29 is 54.0 Å². The van der Waals surface area contributed by atoms with Crippen LogP contribution in [0.5, 0.6) is 0 Å². The first-order chi connectivity index (χ1) is 10.8. The number of benzene rings is 2. The summed E-state index contributed by atoms with van der Waals surface area (Å²) in [5, 5.41) is 22.3. The van der Waals surface area contributed by atoms with Gasteiger partial charge in [0.15, 0.2) is 5.78 Å². The molecule has 0 heterocycles. The first kappa shape index (κ1) is 17.8. The zero-order valence-electron chi connectivity index (χ0n) is 12.4. The number of nitrogens with two attached hydrogens (primary N) is 1. The van der Waals surface area contributed by atoms with Crippen LogP contribution in [-0.2, 0) is 0 Å². The van der Waals surface area contributed by atoms with E-state index in [2.05, 4.69) is 0 Å². The van der Waals surface area contributed by atoms with E-state index in [1.165, 1.54) is 24.3 Å². The number of anilines is 1. The quantitative estimate of drug-likeness (QED) is 0.233. The Morgan fingerprint density at radius 1 is 1.04 bits per heavy atom. The van der Waals surface area contributed by atoms with Gasteiger partial charge in [-0.1, -0.05) is 24.3 Å². The van der Waals surface area contributed by atoms with Gasteiger partial charge in [0.1, 0.15) is 5.56 Å². The maximum Gasteiger partial charge on any atom is 1.00 e. The third kappa shape index (κ3) is 2.41. The third-order valence-corrected chi connectivity index (χ3v) is 3.63. The molecule has 0 fully saturated rings. The van der Waals surface area contributed by atoms with Crippen LogP contribution >= 0.6 is 0 Å². The molecule has 2 aromatic rings. The second kappa shape index (κ2) is 6.16. The molecule has 1 aliphatic rings. The third-order valence-electron chi connectivity index (χ3n) is 3.63. The van der Waals surface area contributed by atoms with Gasteiger partial charge >= 0.3 is 29.6 Å². The van der Waals surface area contributed by atoms with Crippen molar-refractivity contribution in [2.45, 2.75) is 0 Å². The summed E-state index contributed by atoms with van der Waals surface area (Å²) in [5.41, 5.74) is 2.72. The minimum absolute atomic E-state index is 0. The number of carboxylic acid groups (broad SMARTS) is 1. The Hall–Kier alpha value is -2.55. The molecule has 0 unspecified atom stereocenters. The molecular formula is C15H7N2NaO6. The zero-order chi connectivity index (χ0) is 16.9. The molecule has 2 N–H and O–H groups in total. The first-order valence-corrected chi connectivity index (χ1v) is 6.35. The molecule has 0 amide bonds. The number of carbonyl (C=O) groups is 3. The predicted octanol–water partition coefficient (Wildman–Crippen LogP) is -2.68. The molecule has 8 nitrogen and oxygen atoms in total. The van der Waals surface area contributed by atoms with E-state index in [9.17, 15) is 29.6 Å². The average molecular weight is 334 g/mol. The normalized spacial score (nSPS) is 12.0. The first-order valence-electron chi connectivity index (χ1n) is 6.35. The van der Waals surface area contributed by atoms with Gasteiger partial charge < -0.3 is 15.6 Å². The van der Waals surface area contributed by atoms with Gasteiger partial charge in [-0.25, -0.2) is 0 Å². The van der Waals surface area contributed by atoms with E-state index in [-0.39, 0.29) is 40.7 Å². The maximum atomic E-state index is 12.6. The molecule has 0 spiro atoms. The number of nitrogen functional groups attached to an aromatic ring is 1. The summed E-state index contributed by atoms with van der Waals surface area (Å²) in [7, 11) is 0. The van der Waals surface area contributed by atoms with Crippen molar-refractivity contribution in [3.63, 3.8) is 0 Å². The summed E-state index contributed by atoms with van der Waals surface area (Å²) in [4.78, 5) is 46.5. The number of hydrogen-bond donors (Lipinski definition) is 1. The number of ketones is 2. The molecule has 114 valence electrons. The fourth-order valence-corrected chi connectivity index (χ4v) is 2.61. The summed E-state index contributed by atoms with van der Waals surface area (Å²) < 4.78 is 0. The molecule has 0 aliphatic heterocycles. The van der Waals surface area contributed by atoms with Gasteiger partial charge in [-0.05, 0) is 0 Å². The minimum atomic E-state index is -1.77. The molecule has 3 rings (SSSR count). The van der Waals surface area contributed by atoms with Crippen LogP contribution in [0.15, 0.2) is 30.3 Å². The van der Waals surface area contributed by atoms with Crippen LogP contribution in [0.3, 0.4) is 0 Å². The summed E-state index contributed by atoms with van der Waals surface area (Å²) in [6, 6.07) is 6.41. The number of rotatable bonds is 2. The van der Waals surface area contributed by atoms with Gasteiger partial charge in [0, 0.05) is 22.8 Å². The number of hydrogen-bond acceptors (Lipinski definition) is 7. The summed E-state index contributed by atoms with van der Waals surface area (Å²) in [6.45, 7) is 0. The Bertz CT molecular complexity index is 938. The number of fused-ring (bicyclic) bond motifs is 2. The SMILES string of the molecule is Nc1c(C(=O)[O-])cc([N+](=O)[O-])c2c1C(=O)c1ccccc1C2=O.[Na+]. The Balaban J connectivity index is 0.00000208. The van der Waals surface area contributed by atoms with Crippen molar-refractivity contribution in [1.29, 1.82) is 0 Å². The van der Waals surface area contributed by atoms with Crippen LogP contribution in [0.25, 0.3) is 0 Å². The van der Waals surface area contributed by atoms with E-state index in [0.717, 1.165) is 0 Å². The summed E-state index contributed by atoms with van der Waals surface area (Å²) >= 11 is 0. The Kier molecular flexibility index (Phi) is 4.57. The molecule has 0 aromatic heterocycles. The second-order valence-corrected chi connectivity index (χ2v) is 4.86. The number of nitro benzene ring substituents is 1. The van der Waals surface area contributed by atoms with Crippen molar-refractivity contribution in [3.05, 3.63) is 68.3 Å². The van der Waals surface area contributed by atoms with E-state index in [1.54, 1.807) is 0 Å². The van der Waals surface area contributed by atoms with Crippen LogP contribution in [0.1, 0.15) is 42.2 Å². The monoisotopic (exact) mass is 334 g/mol. The van der Waals surface area contributed by atoms with Crippen molar-refractivity contribution >= 4 is 28.9 Å². The molecule has 0 saturated carbocycles. The minimum Gasteiger partial charge on any atom is -0.545 e. The van der Waals surface area contributed by atoms with Gasteiger partial charge in [0.05, 0.1) is 22.1 Å². The molecule has 0 saturated heterocycles. The molecule has 0 atom stereocenters. The van der Waals surface area contributed by atoms with E-state index in [1.807, 2.05) is 0 Å². The van der Waals surface area contributed by atoms with E-state index in [4.69, 9.17) is 5.73 Å². The molecule has 2 aromatic carbocycles. The molecular weight excluding hydrogens is 327 g/mol. The van der Waals surface area contributed by atoms with E-state index in [0.29, 0.717) is 6.07 Å². The summed E-state index contributed by atoms with van der Waals surface area (Å²) in [6.07, 6.45) is 0. The zero-order valence-corrected chi connectivity index (χ0v) is 14.4. The van der Waals surface area contributed by atoms with Crippen molar-refractivity contribution in [2.75, 3.05) is 5.73 Å². The largest absolute Gasteiger partial charge is 1.00 e. The Morgan fingerprint density at radius 3 is 2.00 bits per heavy atom. The van der Waals surface area contributed by atoms with Crippen LogP contribution in [0, 0.1) is 10.1 Å². The van der Waals surface area contributed by atoms with Crippen LogP contribution in [0.4, 0.5) is 11.4 Å². The number of carbonyl (C=O) groups excluding carboxylic acids is 3. The molecule has 24 heavy (non-hydrogen) atoms. The molecule has 1 aliphatic carbocycles. The van der Waals surface area contributed by atoms with E-state index < -0.39 is 50.5 Å². The predicted molar refractivity (Wildman–Crippen MR) is 75.1 cm³/mol. The number of aromatic carboxylic acids is 1. The second-order valence-electron chi connectivity index (χ2n) is 4.86. The molecule has 0 radical (unpaired) electrons. The van der Waals surface area contributed by atoms with Gasteiger partial charge in [0.25, 0.3) is 5.69 Å². The average Bonchev–Trinajstić information content (AvgIpc) is 2.51. The number of carboxylic acids is 1.